The predicted molar refractivity (Wildman–Crippen MR) is 76.7 cm³/mol. The Hall–Kier alpha value is -1.13. The van der Waals surface area contributed by atoms with E-state index in [1.807, 2.05) is 0 Å². The lowest BCUT2D eigenvalue weighted by molar-refractivity contribution is -0.120. The first-order valence-corrected chi connectivity index (χ1v) is 6.57. The Kier molecular flexibility index (Phi) is 5.32. The highest BCUT2D eigenvalue weighted by Gasteiger charge is 2.23. The Morgan fingerprint density at radius 3 is 2.58 bits per heavy atom. The van der Waals surface area contributed by atoms with Crippen LogP contribution < -0.4 is 11.1 Å². The second-order valence-electron chi connectivity index (χ2n) is 5.82. The summed E-state index contributed by atoms with van der Waals surface area (Å²) in [6.07, 6.45) is 0.685. The van der Waals surface area contributed by atoms with Gasteiger partial charge in [-0.05, 0) is 30.0 Å². The zero-order chi connectivity index (χ0) is 14.6. The van der Waals surface area contributed by atoms with Gasteiger partial charge in [0.1, 0.15) is 5.82 Å². The lowest BCUT2D eigenvalue weighted by Gasteiger charge is -2.24. The number of hydrogen-bond acceptors (Lipinski definition) is 2. The maximum Gasteiger partial charge on any atom is 0.228 e. The molecule has 0 radical (unpaired) electrons. The standard InChI is InChI=1S/C14H20ClFN2O/c1-14(2,3)7-9(8-17)13(19)18-10-4-5-12(16)11(15)6-10/h4-6,9H,7-8,17H2,1-3H3,(H,18,19). The molecular weight excluding hydrogens is 267 g/mol. The molecule has 0 aliphatic heterocycles. The summed E-state index contributed by atoms with van der Waals surface area (Å²) in [7, 11) is 0. The van der Waals surface area contributed by atoms with Crippen molar-refractivity contribution >= 4 is 23.2 Å². The van der Waals surface area contributed by atoms with Crippen molar-refractivity contribution in [1.29, 1.82) is 0 Å². The summed E-state index contributed by atoms with van der Waals surface area (Å²) in [4.78, 5) is 12.1. The summed E-state index contributed by atoms with van der Waals surface area (Å²) < 4.78 is 13.0. The number of nitrogens with two attached hydrogens (primary N) is 1. The van der Waals surface area contributed by atoms with Gasteiger partial charge in [0, 0.05) is 12.2 Å². The number of rotatable bonds is 4. The molecule has 106 valence electrons. The van der Waals surface area contributed by atoms with Crippen LogP contribution in [0, 0.1) is 17.2 Å². The summed E-state index contributed by atoms with van der Waals surface area (Å²) in [5.74, 6) is -0.950. The number of halogens is 2. The van der Waals surface area contributed by atoms with Crippen molar-refractivity contribution in [2.45, 2.75) is 27.2 Å². The lowest BCUT2D eigenvalue weighted by Crippen LogP contribution is -2.32. The van der Waals surface area contributed by atoms with Crippen LogP contribution in [0.3, 0.4) is 0 Å². The largest absolute Gasteiger partial charge is 0.330 e. The van der Waals surface area contributed by atoms with Gasteiger partial charge in [0.2, 0.25) is 5.91 Å². The van der Waals surface area contributed by atoms with E-state index in [0.29, 0.717) is 12.1 Å². The molecule has 0 saturated carbocycles. The highest BCUT2D eigenvalue weighted by atomic mass is 35.5. The molecule has 0 aromatic heterocycles. The fourth-order valence-electron chi connectivity index (χ4n) is 1.84. The van der Waals surface area contributed by atoms with Crippen molar-refractivity contribution in [3.8, 4) is 0 Å². The SMILES string of the molecule is CC(C)(C)CC(CN)C(=O)Nc1ccc(F)c(Cl)c1. The van der Waals surface area contributed by atoms with Crippen LogP contribution in [0.25, 0.3) is 0 Å². The maximum absolute atomic E-state index is 13.0. The van der Waals surface area contributed by atoms with E-state index < -0.39 is 5.82 Å². The summed E-state index contributed by atoms with van der Waals surface area (Å²) >= 11 is 5.67. The van der Waals surface area contributed by atoms with E-state index in [1.165, 1.54) is 18.2 Å². The molecule has 1 amide bonds. The molecule has 3 N–H and O–H groups in total. The number of carbonyl (C=O) groups excluding carboxylic acids is 1. The van der Waals surface area contributed by atoms with Crippen molar-refractivity contribution in [3.05, 3.63) is 29.0 Å². The second kappa shape index (κ2) is 6.35. The summed E-state index contributed by atoms with van der Waals surface area (Å²) in [6, 6.07) is 4.09. The van der Waals surface area contributed by atoms with Gasteiger partial charge in [0.15, 0.2) is 0 Å². The summed E-state index contributed by atoms with van der Waals surface area (Å²) in [5, 5.41) is 2.70. The van der Waals surface area contributed by atoms with E-state index in [2.05, 4.69) is 26.1 Å². The third-order valence-corrected chi connectivity index (χ3v) is 2.99. The molecule has 1 rings (SSSR count). The zero-order valence-corrected chi connectivity index (χ0v) is 12.2. The van der Waals surface area contributed by atoms with E-state index in [1.54, 1.807) is 0 Å². The number of carbonyl (C=O) groups is 1. The van der Waals surface area contributed by atoms with Gasteiger partial charge in [0.25, 0.3) is 0 Å². The molecule has 0 heterocycles. The van der Waals surface area contributed by atoms with Gasteiger partial charge in [-0.25, -0.2) is 4.39 Å². The third kappa shape index (κ3) is 5.17. The summed E-state index contributed by atoms with van der Waals surface area (Å²) in [6.45, 7) is 6.44. The van der Waals surface area contributed by atoms with E-state index in [9.17, 15) is 9.18 Å². The van der Waals surface area contributed by atoms with E-state index in [-0.39, 0.29) is 28.8 Å². The van der Waals surface area contributed by atoms with Crippen LogP contribution in [0.1, 0.15) is 27.2 Å². The van der Waals surface area contributed by atoms with Crippen LogP contribution in [-0.4, -0.2) is 12.5 Å². The molecule has 1 aromatic carbocycles. The highest BCUT2D eigenvalue weighted by molar-refractivity contribution is 6.31. The van der Waals surface area contributed by atoms with Crippen LogP contribution in [0.5, 0.6) is 0 Å². The fourth-order valence-corrected chi connectivity index (χ4v) is 2.02. The molecule has 1 unspecified atom stereocenters. The van der Waals surface area contributed by atoms with Crippen LogP contribution >= 0.6 is 11.6 Å². The van der Waals surface area contributed by atoms with Gasteiger partial charge < -0.3 is 11.1 Å². The Labute approximate surface area is 118 Å². The Morgan fingerprint density at radius 1 is 1.47 bits per heavy atom. The first kappa shape index (κ1) is 15.9. The number of hydrogen-bond donors (Lipinski definition) is 2. The Morgan fingerprint density at radius 2 is 2.11 bits per heavy atom. The normalized spacial score (nSPS) is 13.2. The van der Waals surface area contributed by atoms with Crippen molar-refractivity contribution in [3.63, 3.8) is 0 Å². The van der Waals surface area contributed by atoms with Crippen LogP contribution in [0.15, 0.2) is 18.2 Å². The van der Waals surface area contributed by atoms with Crippen LogP contribution in [-0.2, 0) is 4.79 Å². The average molecular weight is 287 g/mol. The highest BCUT2D eigenvalue weighted by Crippen LogP contribution is 2.25. The van der Waals surface area contributed by atoms with Crippen molar-refractivity contribution in [2.75, 3.05) is 11.9 Å². The van der Waals surface area contributed by atoms with E-state index in [4.69, 9.17) is 17.3 Å². The molecule has 0 spiro atoms. The molecule has 3 nitrogen and oxygen atoms in total. The molecule has 0 bridgehead atoms. The van der Waals surface area contributed by atoms with Crippen LogP contribution in [0.4, 0.5) is 10.1 Å². The van der Waals surface area contributed by atoms with E-state index >= 15 is 0 Å². The molecule has 19 heavy (non-hydrogen) atoms. The quantitative estimate of drug-likeness (QED) is 0.891. The fraction of sp³-hybridized carbons (Fsp3) is 0.500. The number of nitrogens with one attached hydrogen (secondary N) is 1. The molecule has 0 saturated heterocycles. The molecular formula is C14H20ClFN2O. The smallest absolute Gasteiger partial charge is 0.228 e. The van der Waals surface area contributed by atoms with Crippen molar-refractivity contribution in [2.24, 2.45) is 17.1 Å². The van der Waals surface area contributed by atoms with Gasteiger partial charge >= 0.3 is 0 Å². The molecule has 0 aliphatic carbocycles. The number of amides is 1. The minimum atomic E-state index is -0.510. The van der Waals surface area contributed by atoms with Crippen molar-refractivity contribution < 1.29 is 9.18 Å². The first-order valence-electron chi connectivity index (χ1n) is 6.19. The molecule has 0 fully saturated rings. The minimum absolute atomic E-state index is 0.0157. The lowest BCUT2D eigenvalue weighted by atomic mass is 9.84. The Bertz CT molecular complexity index is 457. The van der Waals surface area contributed by atoms with Gasteiger partial charge in [-0.2, -0.15) is 0 Å². The van der Waals surface area contributed by atoms with E-state index in [0.717, 1.165) is 0 Å². The maximum atomic E-state index is 13.0. The van der Waals surface area contributed by atoms with Gasteiger partial charge in [-0.15, -0.1) is 0 Å². The average Bonchev–Trinajstić information content (AvgIpc) is 2.29. The summed E-state index contributed by atoms with van der Waals surface area (Å²) in [5.41, 5.74) is 6.13. The molecule has 5 heteroatoms. The van der Waals surface area contributed by atoms with Gasteiger partial charge in [-0.1, -0.05) is 32.4 Å². The Balaban J connectivity index is 2.74. The zero-order valence-electron chi connectivity index (χ0n) is 11.5. The first-order chi connectivity index (χ1) is 8.73. The topological polar surface area (TPSA) is 55.1 Å². The number of benzene rings is 1. The predicted octanol–water partition coefficient (Wildman–Crippen LogP) is 3.43. The molecule has 1 atom stereocenters. The molecule has 0 aliphatic rings. The second-order valence-corrected chi connectivity index (χ2v) is 6.22. The van der Waals surface area contributed by atoms with Gasteiger partial charge in [0.05, 0.1) is 10.9 Å². The molecule has 1 aromatic rings. The number of anilines is 1. The van der Waals surface area contributed by atoms with Crippen LogP contribution in [0.2, 0.25) is 5.02 Å². The van der Waals surface area contributed by atoms with Gasteiger partial charge in [-0.3, -0.25) is 4.79 Å². The monoisotopic (exact) mass is 286 g/mol. The van der Waals surface area contributed by atoms with Crippen molar-refractivity contribution in [1.82, 2.24) is 0 Å². The third-order valence-electron chi connectivity index (χ3n) is 2.70. The minimum Gasteiger partial charge on any atom is -0.330 e.